The minimum absolute atomic E-state index is 0.0716. The number of rotatable bonds is 10. The van der Waals surface area contributed by atoms with Crippen LogP contribution in [0.15, 0.2) is 78.9 Å². The maximum absolute atomic E-state index is 11.7. The Labute approximate surface area is 227 Å². The fraction of sp³-hybridized carbons (Fsp3) is 0.345. The number of carboxylic acid groups (broad SMARTS) is 1. The highest BCUT2D eigenvalue weighted by Gasteiger charge is 2.41. The van der Waals surface area contributed by atoms with E-state index in [-0.39, 0.29) is 18.9 Å². The fourth-order valence-electron chi connectivity index (χ4n) is 5.16. The number of aliphatic hydroxyl groups excluding tert-OH is 2. The van der Waals surface area contributed by atoms with Crippen LogP contribution in [0.25, 0.3) is 0 Å². The van der Waals surface area contributed by atoms with Gasteiger partial charge in [0.15, 0.2) is 0 Å². The number of hydrogen-bond acceptors (Lipinski definition) is 5. The molecule has 1 fully saturated rings. The Balaban J connectivity index is 1.49. The van der Waals surface area contributed by atoms with Crippen LogP contribution in [-0.2, 0) is 11.2 Å². The molecule has 1 saturated heterocycles. The standard InChI is InChI=1S/C29H32Cl2N2O4/c30-23-12-11-22(25(31)17-23)13-15-32-19-27(34)33(26(29(32)37)18-28(35)36)16-14-24(20-7-3-1-4-8-20)21-9-5-2-6-10-21/h1-12,17,24,26-27,29,34,37H,13-16,18-19H2,(H,35,36). The zero-order valence-corrected chi connectivity index (χ0v) is 22.0. The lowest BCUT2D eigenvalue weighted by molar-refractivity contribution is -0.179. The number of carbonyl (C=O) groups is 1. The minimum atomic E-state index is -1.04. The molecular weight excluding hydrogens is 511 g/mol. The van der Waals surface area contributed by atoms with Crippen molar-refractivity contribution in [3.63, 3.8) is 0 Å². The molecule has 196 valence electrons. The minimum Gasteiger partial charge on any atom is -0.481 e. The Morgan fingerprint density at radius 2 is 1.54 bits per heavy atom. The average Bonchev–Trinajstić information content (AvgIpc) is 2.88. The summed E-state index contributed by atoms with van der Waals surface area (Å²) in [6, 6.07) is 24.8. The first kappa shape index (κ1) is 27.6. The van der Waals surface area contributed by atoms with Crippen LogP contribution < -0.4 is 0 Å². The van der Waals surface area contributed by atoms with Crippen LogP contribution >= 0.6 is 23.2 Å². The molecule has 0 radical (unpaired) electrons. The number of halogens is 2. The monoisotopic (exact) mass is 542 g/mol. The number of β-amino-alcohol motifs (C(OH)–C–C–N with tert-alkyl or cyclic N) is 1. The van der Waals surface area contributed by atoms with Crippen molar-refractivity contribution < 1.29 is 20.1 Å². The molecule has 1 heterocycles. The Kier molecular flexibility index (Phi) is 9.60. The summed E-state index contributed by atoms with van der Waals surface area (Å²) in [6.07, 6.45) is -1.05. The lowest BCUT2D eigenvalue weighted by Gasteiger charge is -2.48. The molecule has 1 aliphatic rings. The Morgan fingerprint density at radius 1 is 0.919 bits per heavy atom. The van der Waals surface area contributed by atoms with Crippen LogP contribution in [-0.4, -0.2) is 69.2 Å². The van der Waals surface area contributed by atoms with Crippen molar-refractivity contribution in [2.75, 3.05) is 19.6 Å². The van der Waals surface area contributed by atoms with Gasteiger partial charge in [0.25, 0.3) is 0 Å². The summed E-state index contributed by atoms with van der Waals surface area (Å²) in [5, 5.41) is 33.0. The van der Waals surface area contributed by atoms with E-state index in [2.05, 4.69) is 24.3 Å². The summed E-state index contributed by atoms with van der Waals surface area (Å²) in [5.74, 6) is -0.950. The first-order valence-electron chi connectivity index (χ1n) is 12.4. The van der Waals surface area contributed by atoms with Gasteiger partial charge in [-0.15, -0.1) is 0 Å². The number of aliphatic hydroxyl groups is 2. The van der Waals surface area contributed by atoms with E-state index < -0.39 is 24.5 Å². The predicted molar refractivity (Wildman–Crippen MR) is 146 cm³/mol. The number of benzene rings is 3. The average molecular weight is 543 g/mol. The fourth-order valence-corrected chi connectivity index (χ4v) is 5.66. The molecule has 1 aliphatic heterocycles. The third-order valence-electron chi connectivity index (χ3n) is 7.07. The number of carboxylic acids is 1. The largest absolute Gasteiger partial charge is 0.481 e. The summed E-state index contributed by atoms with van der Waals surface area (Å²) in [4.78, 5) is 15.2. The molecule has 3 aromatic rings. The van der Waals surface area contributed by atoms with Crippen molar-refractivity contribution >= 4 is 29.2 Å². The van der Waals surface area contributed by atoms with Crippen molar-refractivity contribution in [2.24, 2.45) is 0 Å². The second kappa shape index (κ2) is 12.9. The topological polar surface area (TPSA) is 84.2 Å². The van der Waals surface area contributed by atoms with E-state index in [0.717, 1.165) is 16.7 Å². The molecule has 0 bridgehead atoms. The number of nitrogens with zero attached hydrogens (tertiary/aromatic N) is 2. The predicted octanol–water partition coefficient (Wildman–Crippen LogP) is 4.86. The lowest BCUT2D eigenvalue weighted by Crippen LogP contribution is -2.64. The molecule has 3 unspecified atom stereocenters. The van der Waals surface area contributed by atoms with Gasteiger partial charge in [0.05, 0.1) is 12.5 Å². The van der Waals surface area contributed by atoms with E-state index in [9.17, 15) is 20.1 Å². The molecule has 8 heteroatoms. The Morgan fingerprint density at radius 3 is 2.11 bits per heavy atom. The highest BCUT2D eigenvalue weighted by atomic mass is 35.5. The molecule has 3 atom stereocenters. The molecule has 0 aromatic heterocycles. The van der Waals surface area contributed by atoms with Crippen molar-refractivity contribution in [2.45, 2.75) is 43.7 Å². The smallest absolute Gasteiger partial charge is 0.305 e. The van der Waals surface area contributed by atoms with Gasteiger partial charge in [-0.3, -0.25) is 14.6 Å². The quantitative estimate of drug-likeness (QED) is 0.339. The van der Waals surface area contributed by atoms with Crippen molar-refractivity contribution in [3.8, 4) is 0 Å². The highest BCUT2D eigenvalue weighted by molar-refractivity contribution is 6.35. The zero-order valence-electron chi connectivity index (χ0n) is 20.5. The summed E-state index contributed by atoms with van der Waals surface area (Å²) >= 11 is 12.3. The van der Waals surface area contributed by atoms with Crippen molar-refractivity contribution in [1.29, 1.82) is 0 Å². The third-order valence-corrected chi connectivity index (χ3v) is 7.66. The van der Waals surface area contributed by atoms with Gasteiger partial charge < -0.3 is 15.3 Å². The zero-order chi connectivity index (χ0) is 26.4. The maximum Gasteiger partial charge on any atom is 0.305 e. The van der Waals surface area contributed by atoms with E-state index in [1.54, 1.807) is 21.9 Å². The first-order chi connectivity index (χ1) is 17.8. The van der Waals surface area contributed by atoms with Gasteiger partial charge in [0.1, 0.15) is 12.5 Å². The van der Waals surface area contributed by atoms with Gasteiger partial charge in [0, 0.05) is 35.6 Å². The number of hydrogen-bond donors (Lipinski definition) is 3. The summed E-state index contributed by atoms with van der Waals surface area (Å²) in [6.45, 7) is 1.05. The number of aliphatic carboxylic acids is 1. The van der Waals surface area contributed by atoms with Crippen LogP contribution in [0.1, 0.15) is 35.4 Å². The van der Waals surface area contributed by atoms with E-state index >= 15 is 0 Å². The van der Waals surface area contributed by atoms with Crippen LogP contribution in [0.5, 0.6) is 0 Å². The lowest BCUT2D eigenvalue weighted by atomic mass is 9.88. The van der Waals surface area contributed by atoms with Gasteiger partial charge in [-0.25, -0.2) is 0 Å². The second-order valence-electron chi connectivity index (χ2n) is 9.44. The van der Waals surface area contributed by atoms with Gasteiger partial charge in [-0.05, 0) is 41.7 Å². The van der Waals surface area contributed by atoms with Crippen molar-refractivity contribution in [3.05, 3.63) is 106 Å². The summed E-state index contributed by atoms with van der Waals surface area (Å²) in [7, 11) is 0. The van der Waals surface area contributed by atoms with E-state index in [1.165, 1.54) is 0 Å². The molecule has 0 saturated carbocycles. The van der Waals surface area contributed by atoms with Gasteiger partial charge >= 0.3 is 5.97 Å². The van der Waals surface area contributed by atoms with Gasteiger partial charge in [-0.1, -0.05) is 89.9 Å². The van der Waals surface area contributed by atoms with Crippen LogP contribution in [0.4, 0.5) is 0 Å². The summed E-state index contributed by atoms with van der Waals surface area (Å²) < 4.78 is 0. The molecule has 3 N–H and O–H groups in total. The Bertz CT molecular complexity index is 1130. The summed E-state index contributed by atoms with van der Waals surface area (Å²) in [5.41, 5.74) is 3.17. The normalized spacial score (nSPS) is 20.8. The third kappa shape index (κ3) is 7.11. The van der Waals surface area contributed by atoms with Crippen molar-refractivity contribution in [1.82, 2.24) is 9.80 Å². The molecule has 6 nitrogen and oxygen atoms in total. The molecular formula is C29H32Cl2N2O4. The Hall–Kier alpha value is -2.45. The first-order valence-corrected chi connectivity index (χ1v) is 13.2. The van der Waals surface area contributed by atoms with Crippen LogP contribution in [0.2, 0.25) is 10.0 Å². The highest BCUT2D eigenvalue weighted by Crippen LogP contribution is 2.31. The van der Waals surface area contributed by atoms with E-state index in [0.29, 0.717) is 36.0 Å². The van der Waals surface area contributed by atoms with Crippen LogP contribution in [0.3, 0.4) is 0 Å². The maximum atomic E-state index is 11.7. The number of piperazine rings is 1. The molecule has 0 amide bonds. The molecule has 37 heavy (non-hydrogen) atoms. The molecule has 0 spiro atoms. The molecule has 4 rings (SSSR count). The SMILES string of the molecule is O=C(O)CC1C(O)N(CCc2ccc(Cl)cc2Cl)CC(O)N1CCC(c1ccccc1)c1ccccc1. The molecule has 3 aromatic carbocycles. The van der Waals surface area contributed by atoms with Gasteiger partial charge in [-0.2, -0.15) is 0 Å². The van der Waals surface area contributed by atoms with E-state index in [1.807, 2.05) is 42.5 Å². The van der Waals surface area contributed by atoms with Gasteiger partial charge in [0.2, 0.25) is 0 Å². The van der Waals surface area contributed by atoms with Crippen LogP contribution in [0, 0.1) is 0 Å². The second-order valence-corrected chi connectivity index (χ2v) is 10.3. The molecule has 0 aliphatic carbocycles. The van der Waals surface area contributed by atoms with E-state index in [4.69, 9.17) is 23.2 Å².